The molecular weight excluding hydrogens is 311 g/mol. The van der Waals surface area contributed by atoms with Crippen LogP contribution < -0.4 is 4.74 Å². The molecular formula is C15H14BrFO2. The van der Waals surface area contributed by atoms with Crippen LogP contribution in [0.3, 0.4) is 0 Å². The van der Waals surface area contributed by atoms with E-state index in [1.165, 1.54) is 0 Å². The van der Waals surface area contributed by atoms with E-state index in [9.17, 15) is 9.50 Å². The highest BCUT2D eigenvalue weighted by Gasteiger charge is 2.14. The van der Waals surface area contributed by atoms with Crippen molar-refractivity contribution in [3.63, 3.8) is 0 Å². The van der Waals surface area contributed by atoms with Gasteiger partial charge in [0, 0.05) is 12.0 Å². The zero-order chi connectivity index (χ0) is 13.7. The van der Waals surface area contributed by atoms with Crippen LogP contribution in [-0.4, -0.2) is 11.7 Å². The van der Waals surface area contributed by atoms with Crippen molar-refractivity contribution in [1.29, 1.82) is 0 Å². The van der Waals surface area contributed by atoms with Gasteiger partial charge in [-0.25, -0.2) is 4.39 Å². The highest BCUT2D eigenvalue weighted by Crippen LogP contribution is 2.25. The Hall–Kier alpha value is -1.39. The first kappa shape index (κ1) is 14.0. The minimum atomic E-state index is -0.874. The number of hydrogen-bond acceptors (Lipinski definition) is 2. The van der Waals surface area contributed by atoms with Crippen LogP contribution in [0.25, 0.3) is 0 Å². The Morgan fingerprint density at radius 1 is 1.11 bits per heavy atom. The highest BCUT2D eigenvalue weighted by molar-refractivity contribution is 9.10. The summed E-state index contributed by atoms with van der Waals surface area (Å²) in [5.74, 6) is 0.319. The van der Waals surface area contributed by atoms with Crippen molar-refractivity contribution in [3.8, 4) is 5.75 Å². The molecule has 0 spiro atoms. The summed E-state index contributed by atoms with van der Waals surface area (Å²) in [4.78, 5) is 0. The third-order valence-corrected chi connectivity index (χ3v) is 3.36. The first-order valence-electron chi connectivity index (χ1n) is 5.98. The number of benzene rings is 2. The Kier molecular flexibility index (Phi) is 4.93. The van der Waals surface area contributed by atoms with Gasteiger partial charge in [-0.15, -0.1) is 0 Å². The minimum absolute atomic E-state index is 0.283. The summed E-state index contributed by atoms with van der Waals surface area (Å²) in [5.41, 5.74) is 0.283. The molecule has 2 aromatic carbocycles. The van der Waals surface area contributed by atoms with Gasteiger partial charge in [0.25, 0.3) is 0 Å². The molecule has 100 valence electrons. The predicted octanol–water partition coefficient (Wildman–Crippen LogP) is 4.09. The van der Waals surface area contributed by atoms with E-state index in [0.29, 0.717) is 17.5 Å². The zero-order valence-corrected chi connectivity index (χ0v) is 11.8. The fourth-order valence-electron chi connectivity index (χ4n) is 1.74. The molecule has 0 aliphatic rings. The monoisotopic (exact) mass is 324 g/mol. The molecule has 2 aromatic rings. The maximum atomic E-state index is 13.8. The first-order chi connectivity index (χ1) is 9.18. The standard InChI is InChI=1S/C15H14BrFO2/c16-13-8-4-7-12(15(13)17)14(18)9-10-19-11-5-2-1-3-6-11/h1-8,14,18H,9-10H2. The predicted molar refractivity (Wildman–Crippen MR) is 75.6 cm³/mol. The molecule has 0 aromatic heterocycles. The molecule has 0 aliphatic heterocycles. The molecule has 0 bridgehead atoms. The van der Waals surface area contributed by atoms with E-state index in [2.05, 4.69) is 15.9 Å². The fourth-order valence-corrected chi connectivity index (χ4v) is 2.12. The van der Waals surface area contributed by atoms with Gasteiger partial charge in [-0.2, -0.15) is 0 Å². The lowest BCUT2D eigenvalue weighted by molar-refractivity contribution is 0.137. The Morgan fingerprint density at radius 3 is 2.58 bits per heavy atom. The molecule has 0 fully saturated rings. The molecule has 0 saturated carbocycles. The molecule has 19 heavy (non-hydrogen) atoms. The number of aliphatic hydroxyl groups excluding tert-OH is 1. The molecule has 0 amide bonds. The number of hydrogen-bond donors (Lipinski definition) is 1. The molecule has 0 saturated heterocycles. The van der Waals surface area contributed by atoms with Crippen LogP contribution in [-0.2, 0) is 0 Å². The molecule has 0 radical (unpaired) electrons. The number of ether oxygens (including phenoxy) is 1. The normalized spacial score (nSPS) is 12.2. The smallest absolute Gasteiger partial charge is 0.143 e. The van der Waals surface area contributed by atoms with Crippen LogP contribution in [0.15, 0.2) is 53.0 Å². The van der Waals surface area contributed by atoms with E-state index in [1.54, 1.807) is 18.2 Å². The van der Waals surface area contributed by atoms with Gasteiger partial charge in [-0.1, -0.05) is 30.3 Å². The third-order valence-electron chi connectivity index (χ3n) is 2.74. The summed E-state index contributed by atoms with van der Waals surface area (Å²) in [5, 5.41) is 9.96. The lowest BCUT2D eigenvalue weighted by Gasteiger charge is -2.13. The summed E-state index contributed by atoms with van der Waals surface area (Å²) >= 11 is 3.10. The van der Waals surface area contributed by atoms with Gasteiger partial charge < -0.3 is 9.84 Å². The zero-order valence-electron chi connectivity index (χ0n) is 10.2. The van der Waals surface area contributed by atoms with Gasteiger partial charge >= 0.3 is 0 Å². The van der Waals surface area contributed by atoms with E-state index < -0.39 is 11.9 Å². The van der Waals surface area contributed by atoms with Crippen LogP contribution in [0.2, 0.25) is 0 Å². The number of para-hydroxylation sites is 1. The van der Waals surface area contributed by atoms with Crippen LogP contribution in [0.4, 0.5) is 4.39 Å². The Morgan fingerprint density at radius 2 is 1.84 bits per heavy atom. The Labute approximate surface area is 120 Å². The summed E-state index contributed by atoms with van der Waals surface area (Å²) in [6.07, 6.45) is -0.538. The van der Waals surface area contributed by atoms with Crippen LogP contribution in [0.1, 0.15) is 18.1 Å². The maximum absolute atomic E-state index is 13.8. The Balaban J connectivity index is 1.91. The second-order valence-electron chi connectivity index (χ2n) is 4.11. The summed E-state index contributed by atoms with van der Waals surface area (Å²) in [7, 11) is 0. The topological polar surface area (TPSA) is 29.5 Å². The van der Waals surface area contributed by atoms with Crippen LogP contribution in [0.5, 0.6) is 5.75 Å². The number of halogens is 2. The summed E-state index contributed by atoms with van der Waals surface area (Å²) in [6, 6.07) is 14.2. The van der Waals surface area contributed by atoms with Crippen molar-refractivity contribution in [2.75, 3.05) is 6.61 Å². The van der Waals surface area contributed by atoms with Gasteiger partial charge in [0.1, 0.15) is 11.6 Å². The van der Waals surface area contributed by atoms with Crippen LogP contribution >= 0.6 is 15.9 Å². The largest absolute Gasteiger partial charge is 0.493 e. The second-order valence-corrected chi connectivity index (χ2v) is 4.96. The van der Waals surface area contributed by atoms with Crippen molar-refractivity contribution in [1.82, 2.24) is 0 Å². The molecule has 2 nitrogen and oxygen atoms in total. The van der Waals surface area contributed by atoms with E-state index in [1.807, 2.05) is 30.3 Å². The van der Waals surface area contributed by atoms with Crippen molar-refractivity contribution in [2.24, 2.45) is 0 Å². The summed E-state index contributed by atoms with van der Waals surface area (Å²) < 4.78 is 19.6. The van der Waals surface area contributed by atoms with Gasteiger partial charge in [0.2, 0.25) is 0 Å². The molecule has 4 heteroatoms. The van der Waals surface area contributed by atoms with E-state index >= 15 is 0 Å². The second kappa shape index (κ2) is 6.68. The van der Waals surface area contributed by atoms with Crippen molar-refractivity contribution >= 4 is 15.9 Å². The first-order valence-corrected chi connectivity index (χ1v) is 6.77. The maximum Gasteiger partial charge on any atom is 0.143 e. The minimum Gasteiger partial charge on any atom is -0.493 e. The van der Waals surface area contributed by atoms with Gasteiger partial charge in [0.05, 0.1) is 17.2 Å². The SMILES string of the molecule is OC(CCOc1ccccc1)c1cccc(Br)c1F. The molecule has 1 atom stereocenters. The molecule has 1 unspecified atom stereocenters. The molecule has 0 heterocycles. The molecule has 0 aliphatic carbocycles. The summed E-state index contributed by atoms with van der Waals surface area (Å²) in [6.45, 7) is 0.330. The Bertz CT molecular complexity index is 531. The van der Waals surface area contributed by atoms with Crippen molar-refractivity contribution in [3.05, 3.63) is 64.4 Å². The van der Waals surface area contributed by atoms with E-state index in [0.717, 1.165) is 5.75 Å². The van der Waals surface area contributed by atoms with Crippen molar-refractivity contribution < 1.29 is 14.2 Å². The highest BCUT2D eigenvalue weighted by atomic mass is 79.9. The lowest BCUT2D eigenvalue weighted by Crippen LogP contribution is -2.07. The van der Waals surface area contributed by atoms with Crippen molar-refractivity contribution in [2.45, 2.75) is 12.5 Å². The van der Waals surface area contributed by atoms with Gasteiger partial charge in [0.15, 0.2) is 0 Å². The third kappa shape index (κ3) is 3.78. The molecule has 2 rings (SSSR count). The lowest BCUT2D eigenvalue weighted by atomic mass is 10.1. The average Bonchev–Trinajstić information content (AvgIpc) is 2.43. The fraction of sp³-hybridized carbons (Fsp3) is 0.200. The molecule has 1 N–H and O–H groups in total. The van der Waals surface area contributed by atoms with Crippen LogP contribution in [0, 0.1) is 5.82 Å². The number of rotatable bonds is 5. The number of aliphatic hydroxyl groups is 1. The van der Waals surface area contributed by atoms with Gasteiger partial charge in [-0.3, -0.25) is 0 Å². The van der Waals surface area contributed by atoms with E-state index in [4.69, 9.17) is 4.74 Å². The van der Waals surface area contributed by atoms with E-state index in [-0.39, 0.29) is 5.56 Å². The van der Waals surface area contributed by atoms with Gasteiger partial charge in [-0.05, 0) is 34.1 Å². The quantitative estimate of drug-likeness (QED) is 0.897. The average molecular weight is 325 g/mol.